The molecule has 18 heavy (non-hydrogen) atoms. The summed E-state index contributed by atoms with van der Waals surface area (Å²) in [5.41, 5.74) is 6.44. The molecule has 3 aromatic rings. The molecule has 0 aliphatic carbocycles. The van der Waals surface area contributed by atoms with Crippen LogP contribution in [0, 0.1) is 0 Å². The van der Waals surface area contributed by atoms with E-state index in [1.165, 1.54) is 22.7 Å². The maximum absolute atomic E-state index is 11.3. The third-order valence-electron chi connectivity index (χ3n) is 2.30. The molecule has 0 saturated heterocycles. The monoisotopic (exact) mass is 264 g/mol. The van der Waals surface area contributed by atoms with Crippen molar-refractivity contribution in [3.05, 3.63) is 16.8 Å². The Hall–Kier alpha value is -2.36. The number of hydrogen-bond acceptors (Lipinski definition) is 7. The summed E-state index contributed by atoms with van der Waals surface area (Å²) >= 11 is 1.20. The van der Waals surface area contributed by atoms with Crippen molar-refractivity contribution in [2.75, 3.05) is 5.73 Å². The fourth-order valence-corrected chi connectivity index (χ4v) is 2.28. The van der Waals surface area contributed by atoms with E-state index in [4.69, 9.17) is 5.73 Å². The fourth-order valence-electron chi connectivity index (χ4n) is 1.41. The molecule has 0 saturated carbocycles. The lowest BCUT2D eigenvalue weighted by atomic mass is 10.5. The van der Waals surface area contributed by atoms with Crippen molar-refractivity contribution in [1.29, 1.82) is 0 Å². The lowest BCUT2D eigenvalue weighted by Crippen LogP contribution is -2.12. The van der Waals surface area contributed by atoms with Crippen LogP contribution in [0.3, 0.4) is 0 Å². The van der Waals surface area contributed by atoms with Crippen molar-refractivity contribution in [3.8, 4) is 0 Å². The van der Waals surface area contributed by atoms with Gasteiger partial charge in [-0.3, -0.25) is 4.57 Å². The van der Waals surface area contributed by atoms with Gasteiger partial charge in [-0.05, 0) is 11.8 Å². The van der Waals surface area contributed by atoms with Gasteiger partial charge in [0.05, 0.1) is 6.33 Å². The van der Waals surface area contributed by atoms with Crippen LogP contribution in [0.2, 0.25) is 0 Å². The van der Waals surface area contributed by atoms with Gasteiger partial charge in [0.1, 0.15) is 10.5 Å². The molecule has 92 valence electrons. The molecule has 3 rings (SSSR count). The van der Waals surface area contributed by atoms with E-state index >= 15 is 0 Å². The molecule has 0 spiro atoms. The molecule has 3 heterocycles. The number of hydrogen-bond donors (Lipinski definition) is 3. The number of H-pyrrole nitrogens is 2. The zero-order valence-corrected chi connectivity index (χ0v) is 10.0. The molecule has 0 fully saturated rings. The van der Waals surface area contributed by atoms with Crippen LogP contribution in [0.5, 0.6) is 0 Å². The number of anilines is 1. The molecule has 0 radical (unpaired) electrons. The minimum absolute atomic E-state index is 0.123. The van der Waals surface area contributed by atoms with Crippen LogP contribution < -0.4 is 11.4 Å². The van der Waals surface area contributed by atoms with Crippen LogP contribution in [0.15, 0.2) is 21.3 Å². The van der Waals surface area contributed by atoms with E-state index in [2.05, 4.69) is 30.1 Å². The largest absolute Gasteiger partial charge is 0.368 e. The van der Waals surface area contributed by atoms with Crippen molar-refractivity contribution in [2.24, 2.45) is 7.05 Å². The summed E-state index contributed by atoms with van der Waals surface area (Å²) in [6.07, 6.45) is 1.51. The predicted octanol–water partition coefficient (Wildman–Crippen LogP) is -0.492. The van der Waals surface area contributed by atoms with Crippen LogP contribution in [0.1, 0.15) is 0 Å². The first-order valence-corrected chi connectivity index (χ1v) is 5.72. The number of nitrogen functional groups attached to an aromatic ring is 1. The first kappa shape index (κ1) is 10.8. The highest BCUT2D eigenvalue weighted by atomic mass is 32.2. The Balaban J connectivity index is 2.12. The van der Waals surface area contributed by atoms with Crippen molar-refractivity contribution >= 4 is 28.9 Å². The van der Waals surface area contributed by atoms with Crippen LogP contribution in [0.25, 0.3) is 11.2 Å². The number of imidazole rings is 1. The number of fused-ring (bicyclic) bond motifs is 1. The van der Waals surface area contributed by atoms with Gasteiger partial charge in [0, 0.05) is 7.05 Å². The van der Waals surface area contributed by atoms with Gasteiger partial charge >= 0.3 is 5.69 Å². The molecule has 10 heteroatoms. The molecule has 0 amide bonds. The second-order valence-corrected chi connectivity index (χ2v) is 4.42. The Morgan fingerprint density at radius 2 is 2.28 bits per heavy atom. The maximum Gasteiger partial charge on any atom is 0.343 e. The number of nitrogens with zero attached hydrogens (tertiary/aromatic N) is 5. The van der Waals surface area contributed by atoms with Gasteiger partial charge in [0.25, 0.3) is 0 Å². The third kappa shape index (κ3) is 1.62. The molecule has 0 bridgehead atoms. The van der Waals surface area contributed by atoms with Gasteiger partial charge in [-0.1, -0.05) is 0 Å². The van der Waals surface area contributed by atoms with E-state index in [1.54, 1.807) is 7.05 Å². The summed E-state index contributed by atoms with van der Waals surface area (Å²) in [6.45, 7) is 0. The zero-order chi connectivity index (χ0) is 12.7. The number of aromatic nitrogens is 7. The van der Waals surface area contributed by atoms with E-state index in [9.17, 15) is 4.79 Å². The zero-order valence-electron chi connectivity index (χ0n) is 9.21. The van der Waals surface area contributed by atoms with E-state index in [-0.39, 0.29) is 11.6 Å². The number of rotatable bonds is 2. The lowest BCUT2D eigenvalue weighted by molar-refractivity contribution is 0.765. The number of nitrogens with one attached hydrogen (secondary N) is 2. The molecule has 0 aliphatic rings. The minimum Gasteiger partial charge on any atom is -0.368 e. The van der Waals surface area contributed by atoms with Crippen LogP contribution in [-0.2, 0) is 7.05 Å². The molecule has 9 nitrogen and oxygen atoms in total. The first-order valence-electron chi connectivity index (χ1n) is 4.91. The average molecular weight is 264 g/mol. The summed E-state index contributed by atoms with van der Waals surface area (Å²) < 4.78 is 1.38. The minimum atomic E-state index is -0.291. The van der Waals surface area contributed by atoms with Crippen molar-refractivity contribution in [2.45, 2.75) is 10.2 Å². The van der Waals surface area contributed by atoms with E-state index < -0.39 is 0 Å². The molecule has 0 aliphatic heterocycles. The van der Waals surface area contributed by atoms with Gasteiger partial charge in [0.15, 0.2) is 10.8 Å². The fraction of sp³-hybridized carbons (Fsp3) is 0.125. The number of aromatic amines is 2. The smallest absolute Gasteiger partial charge is 0.343 e. The molecule has 3 aromatic heterocycles. The topological polar surface area (TPSA) is 131 Å². The SMILES string of the molecule is Cn1c(Sc2nc(N)nc3nc[nH]c23)n[nH]c1=O. The third-order valence-corrected chi connectivity index (χ3v) is 3.33. The first-order chi connectivity index (χ1) is 8.65. The van der Waals surface area contributed by atoms with Gasteiger partial charge < -0.3 is 10.7 Å². The van der Waals surface area contributed by atoms with Crippen LogP contribution in [0.4, 0.5) is 5.95 Å². The van der Waals surface area contributed by atoms with Crippen molar-refractivity contribution in [1.82, 2.24) is 34.7 Å². The summed E-state index contributed by atoms with van der Waals surface area (Å²) in [4.78, 5) is 26.3. The highest BCUT2D eigenvalue weighted by Crippen LogP contribution is 2.28. The van der Waals surface area contributed by atoms with Gasteiger partial charge in [0.2, 0.25) is 5.95 Å². The standard InChI is InChI=1S/C8H8N8OS/c1-16-7(17)14-15-8(16)18-5-3-4(11-2-10-3)12-6(9)13-5/h2H,1H3,(H,14,17)(H3,9,10,11,12,13). The van der Waals surface area contributed by atoms with E-state index in [0.717, 1.165) is 0 Å². The van der Waals surface area contributed by atoms with Crippen LogP contribution >= 0.6 is 11.8 Å². The molecular formula is C8H8N8OS. The number of nitrogens with two attached hydrogens (primary N) is 1. The van der Waals surface area contributed by atoms with Gasteiger partial charge in [-0.2, -0.15) is 4.98 Å². The molecule has 4 N–H and O–H groups in total. The summed E-state index contributed by atoms with van der Waals surface area (Å²) in [5, 5.41) is 7.28. The maximum atomic E-state index is 11.3. The quantitative estimate of drug-likeness (QED) is 0.532. The second kappa shape index (κ2) is 3.84. The van der Waals surface area contributed by atoms with Crippen molar-refractivity contribution < 1.29 is 0 Å². The lowest BCUT2D eigenvalue weighted by Gasteiger charge is -2.01. The predicted molar refractivity (Wildman–Crippen MR) is 64.0 cm³/mol. The molecule has 0 unspecified atom stereocenters. The highest BCUT2D eigenvalue weighted by Gasteiger charge is 2.13. The van der Waals surface area contributed by atoms with E-state index in [0.29, 0.717) is 21.3 Å². The Labute approximate surface area is 104 Å². The molecule has 0 atom stereocenters. The summed E-state index contributed by atoms with van der Waals surface area (Å²) in [7, 11) is 1.61. The van der Waals surface area contributed by atoms with Gasteiger partial charge in [-0.15, -0.1) is 5.10 Å². The second-order valence-electron chi connectivity index (χ2n) is 3.46. The Bertz CT molecular complexity index is 771. The summed E-state index contributed by atoms with van der Waals surface area (Å²) in [6, 6.07) is 0. The Morgan fingerprint density at radius 1 is 1.44 bits per heavy atom. The molecular weight excluding hydrogens is 256 g/mol. The average Bonchev–Trinajstić information content (AvgIpc) is 2.90. The summed E-state index contributed by atoms with van der Waals surface area (Å²) in [5.74, 6) is 0.123. The Kier molecular flexibility index (Phi) is 2.30. The van der Waals surface area contributed by atoms with Gasteiger partial charge in [-0.25, -0.2) is 19.9 Å². The normalized spacial score (nSPS) is 11.2. The Morgan fingerprint density at radius 3 is 3.00 bits per heavy atom. The van der Waals surface area contributed by atoms with E-state index in [1.807, 2.05) is 0 Å². The van der Waals surface area contributed by atoms with Crippen LogP contribution in [-0.4, -0.2) is 34.7 Å². The highest BCUT2D eigenvalue weighted by molar-refractivity contribution is 7.99. The molecule has 0 aromatic carbocycles. The van der Waals surface area contributed by atoms with Crippen molar-refractivity contribution in [3.63, 3.8) is 0 Å².